The summed E-state index contributed by atoms with van der Waals surface area (Å²) in [6.45, 7) is 0.803. The predicted molar refractivity (Wildman–Crippen MR) is 103 cm³/mol. The predicted octanol–water partition coefficient (Wildman–Crippen LogP) is 1.31. The fraction of sp³-hybridized carbons (Fsp3) is 0.476. The first-order chi connectivity index (χ1) is 14.4. The number of ketones is 1. The SMILES string of the molecule is C[C@@H](C(=O)OCC(=O)c1ccc2c(c1)NC(=O)CO2)N1C(=O)[C@H]2CCCC[C@@H]2C1=O. The van der Waals surface area contributed by atoms with Crippen molar-refractivity contribution in [3.05, 3.63) is 23.8 Å². The maximum atomic E-state index is 12.6. The molecule has 1 N–H and O–H groups in total. The molecule has 1 aliphatic carbocycles. The van der Waals surface area contributed by atoms with Crippen LogP contribution in [-0.4, -0.2) is 53.6 Å². The molecule has 2 aliphatic heterocycles. The first-order valence-electron chi connectivity index (χ1n) is 10.00. The number of hydrogen-bond donors (Lipinski definition) is 1. The Labute approximate surface area is 172 Å². The lowest BCUT2D eigenvalue weighted by Gasteiger charge is -2.21. The first-order valence-corrected chi connectivity index (χ1v) is 10.00. The largest absolute Gasteiger partial charge is 0.482 e. The minimum atomic E-state index is -1.08. The van der Waals surface area contributed by atoms with Crippen molar-refractivity contribution < 1.29 is 33.4 Å². The van der Waals surface area contributed by atoms with Crippen LogP contribution in [0.3, 0.4) is 0 Å². The molecule has 0 aromatic heterocycles. The van der Waals surface area contributed by atoms with E-state index in [1.54, 1.807) is 6.07 Å². The number of Topliss-reactive ketones (excluding diaryl/α,β-unsaturated/α-hetero) is 1. The van der Waals surface area contributed by atoms with Crippen LogP contribution in [-0.2, 0) is 23.9 Å². The minimum Gasteiger partial charge on any atom is -0.482 e. The van der Waals surface area contributed by atoms with Crippen molar-refractivity contribution in [3.8, 4) is 5.75 Å². The molecule has 30 heavy (non-hydrogen) atoms. The van der Waals surface area contributed by atoms with E-state index in [1.807, 2.05) is 0 Å². The van der Waals surface area contributed by atoms with Crippen LogP contribution in [0.1, 0.15) is 43.0 Å². The van der Waals surface area contributed by atoms with Gasteiger partial charge in [-0.05, 0) is 38.0 Å². The van der Waals surface area contributed by atoms with E-state index in [2.05, 4.69) is 5.32 Å². The number of amides is 3. The molecule has 9 nitrogen and oxygen atoms in total. The molecular weight excluding hydrogens is 392 g/mol. The topological polar surface area (TPSA) is 119 Å². The lowest BCUT2D eigenvalue weighted by molar-refractivity contribution is -0.157. The van der Waals surface area contributed by atoms with Gasteiger partial charge in [-0.15, -0.1) is 0 Å². The van der Waals surface area contributed by atoms with E-state index in [9.17, 15) is 24.0 Å². The van der Waals surface area contributed by atoms with Crippen molar-refractivity contribution in [1.29, 1.82) is 0 Å². The molecule has 1 saturated heterocycles. The number of fused-ring (bicyclic) bond motifs is 2. The first kappa shape index (κ1) is 20.1. The summed E-state index contributed by atoms with van der Waals surface area (Å²) in [5.41, 5.74) is 0.604. The van der Waals surface area contributed by atoms with E-state index in [0.29, 0.717) is 24.3 Å². The van der Waals surface area contributed by atoms with Crippen molar-refractivity contribution in [2.75, 3.05) is 18.5 Å². The van der Waals surface area contributed by atoms with Crippen LogP contribution in [0.15, 0.2) is 18.2 Å². The highest BCUT2D eigenvalue weighted by atomic mass is 16.5. The van der Waals surface area contributed by atoms with Crippen molar-refractivity contribution in [2.45, 2.75) is 38.6 Å². The van der Waals surface area contributed by atoms with Crippen LogP contribution in [0.25, 0.3) is 0 Å². The van der Waals surface area contributed by atoms with Gasteiger partial charge in [-0.25, -0.2) is 4.79 Å². The number of esters is 1. The maximum Gasteiger partial charge on any atom is 0.329 e. The Kier molecular flexibility index (Phi) is 5.27. The zero-order valence-electron chi connectivity index (χ0n) is 16.5. The van der Waals surface area contributed by atoms with Crippen LogP contribution in [0.5, 0.6) is 5.75 Å². The average molecular weight is 414 g/mol. The van der Waals surface area contributed by atoms with E-state index in [-0.39, 0.29) is 41.7 Å². The number of nitrogens with zero attached hydrogens (tertiary/aromatic N) is 1. The molecule has 2 fully saturated rings. The highest BCUT2D eigenvalue weighted by Crippen LogP contribution is 2.39. The molecule has 3 atom stereocenters. The van der Waals surface area contributed by atoms with Gasteiger partial charge in [0.1, 0.15) is 11.8 Å². The van der Waals surface area contributed by atoms with Crippen LogP contribution >= 0.6 is 0 Å². The van der Waals surface area contributed by atoms with Gasteiger partial charge in [0.2, 0.25) is 11.8 Å². The fourth-order valence-corrected chi connectivity index (χ4v) is 4.27. The lowest BCUT2D eigenvalue weighted by Crippen LogP contribution is -2.44. The number of hydrogen-bond acceptors (Lipinski definition) is 7. The molecule has 1 saturated carbocycles. The molecule has 0 spiro atoms. The van der Waals surface area contributed by atoms with Gasteiger partial charge in [-0.1, -0.05) is 12.8 Å². The zero-order valence-corrected chi connectivity index (χ0v) is 16.5. The smallest absolute Gasteiger partial charge is 0.329 e. The monoisotopic (exact) mass is 414 g/mol. The average Bonchev–Trinajstić information content (AvgIpc) is 3.01. The highest BCUT2D eigenvalue weighted by molar-refractivity contribution is 6.08. The summed E-state index contributed by atoms with van der Waals surface area (Å²) >= 11 is 0. The standard InChI is InChI=1S/C21H22N2O7/c1-11(23-19(26)13-4-2-3-5-14(13)20(23)27)21(28)30-9-16(24)12-6-7-17-15(8-12)22-18(25)10-29-17/h6-8,11,13-14H,2-5,9-10H2,1H3,(H,22,25)/t11-,13-,14-/m0/s1. The third kappa shape index (κ3) is 3.55. The normalized spacial score (nSPS) is 23.8. The Balaban J connectivity index is 1.38. The van der Waals surface area contributed by atoms with Crippen molar-refractivity contribution in [2.24, 2.45) is 11.8 Å². The summed E-state index contributed by atoms with van der Waals surface area (Å²) in [7, 11) is 0. The minimum absolute atomic E-state index is 0.0918. The number of rotatable bonds is 5. The number of likely N-dealkylation sites (tertiary alicyclic amines) is 1. The van der Waals surface area contributed by atoms with Gasteiger partial charge in [0.15, 0.2) is 19.0 Å². The maximum absolute atomic E-state index is 12.6. The summed E-state index contributed by atoms with van der Waals surface area (Å²) in [4.78, 5) is 62.5. The van der Waals surface area contributed by atoms with Crippen LogP contribution in [0.2, 0.25) is 0 Å². The summed E-state index contributed by atoms with van der Waals surface area (Å²) in [5.74, 6) is -2.52. The zero-order chi connectivity index (χ0) is 21.4. The molecule has 3 aliphatic rings. The Bertz CT molecular complexity index is 917. The van der Waals surface area contributed by atoms with Gasteiger partial charge in [0, 0.05) is 5.56 Å². The molecule has 3 amide bonds. The van der Waals surface area contributed by atoms with Crippen LogP contribution < -0.4 is 10.1 Å². The molecule has 0 bridgehead atoms. The summed E-state index contributed by atoms with van der Waals surface area (Å²) in [5, 5.41) is 2.60. The number of nitrogens with one attached hydrogen (secondary N) is 1. The third-order valence-electron chi connectivity index (χ3n) is 5.88. The van der Waals surface area contributed by atoms with Gasteiger partial charge < -0.3 is 14.8 Å². The Morgan fingerprint density at radius 3 is 2.50 bits per heavy atom. The van der Waals surface area contributed by atoms with E-state index in [1.165, 1.54) is 19.1 Å². The van der Waals surface area contributed by atoms with Gasteiger partial charge in [-0.3, -0.25) is 24.1 Å². The quantitative estimate of drug-likeness (QED) is 0.438. The van der Waals surface area contributed by atoms with Crippen molar-refractivity contribution >= 4 is 35.2 Å². The highest BCUT2D eigenvalue weighted by Gasteiger charge is 2.51. The second-order valence-corrected chi connectivity index (χ2v) is 7.80. The van der Waals surface area contributed by atoms with Gasteiger partial charge in [-0.2, -0.15) is 0 Å². The van der Waals surface area contributed by atoms with Gasteiger partial charge >= 0.3 is 5.97 Å². The lowest BCUT2D eigenvalue weighted by atomic mass is 9.81. The molecular formula is C21H22N2O7. The number of carbonyl (C=O) groups excluding carboxylic acids is 5. The van der Waals surface area contributed by atoms with Gasteiger partial charge in [0.25, 0.3) is 5.91 Å². The number of imide groups is 1. The Hall–Kier alpha value is -3.23. The van der Waals surface area contributed by atoms with Gasteiger partial charge in [0.05, 0.1) is 17.5 Å². The fourth-order valence-electron chi connectivity index (χ4n) is 4.27. The summed E-state index contributed by atoms with van der Waals surface area (Å²) in [6, 6.07) is 3.42. The van der Waals surface area contributed by atoms with Crippen molar-refractivity contribution in [3.63, 3.8) is 0 Å². The number of benzene rings is 1. The second kappa shape index (κ2) is 7.89. The number of ether oxygens (including phenoxy) is 2. The molecule has 1 aromatic rings. The van der Waals surface area contributed by atoms with E-state index >= 15 is 0 Å². The molecule has 4 rings (SSSR count). The second-order valence-electron chi connectivity index (χ2n) is 7.80. The number of carbonyl (C=O) groups is 5. The Morgan fingerprint density at radius 1 is 1.17 bits per heavy atom. The van der Waals surface area contributed by atoms with Crippen LogP contribution in [0.4, 0.5) is 5.69 Å². The molecule has 2 heterocycles. The summed E-state index contributed by atoms with van der Waals surface area (Å²) in [6.07, 6.45) is 3.11. The molecule has 158 valence electrons. The van der Waals surface area contributed by atoms with Crippen molar-refractivity contribution in [1.82, 2.24) is 4.90 Å². The Morgan fingerprint density at radius 2 is 1.83 bits per heavy atom. The molecule has 9 heteroatoms. The molecule has 0 radical (unpaired) electrons. The molecule has 1 aromatic carbocycles. The molecule has 0 unspecified atom stereocenters. The summed E-state index contributed by atoms with van der Waals surface area (Å²) < 4.78 is 10.3. The van der Waals surface area contributed by atoms with E-state index in [4.69, 9.17) is 9.47 Å². The van der Waals surface area contributed by atoms with Crippen LogP contribution in [0, 0.1) is 11.8 Å². The third-order valence-corrected chi connectivity index (χ3v) is 5.88. The van der Waals surface area contributed by atoms with E-state index in [0.717, 1.165) is 17.7 Å². The number of anilines is 1. The van der Waals surface area contributed by atoms with E-state index < -0.39 is 24.4 Å².